The van der Waals surface area contributed by atoms with E-state index in [9.17, 15) is 4.79 Å². The Kier molecular flexibility index (Phi) is 7.39. The lowest BCUT2D eigenvalue weighted by Crippen LogP contribution is -2.27. The van der Waals surface area contributed by atoms with Gasteiger partial charge in [-0.1, -0.05) is 13.8 Å². The highest BCUT2D eigenvalue weighted by molar-refractivity contribution is 5.75. The maximum absolute atomic E-state index is 11.7. The van der Waals surface area contributed by atoms with Gasteiger partial charge in [-0.05, 0) is 50.0 Å². The van der Waals surface area contributed by atoms with E-state index < -0.39 is 0 Å². The predicted octanol–water partition coefficient (Wildman–Crippen LogP) is 2.07. The minimum absolute atomic E-state index is 0.146. The molecule has 4 nitrogen and oxygen atoms in total. The lowest BCUT2D eigenvalue weighted by molar-refractivity contribution is -0.121. The van der Waals surface area contributed by atoms with Crippen molar-refractivity contribution in [3.8, 4) is 0 Å². The summed E-state index contributed by atoms with van der Waals surface area (Å²) in [5.41, 5.74) is 5.73. The number of nitrogens with one attached hydrogen (secondary N) is 1. The summed E-state index contributed by atoms with van der Waals surface area (Å²) in [4.78, 5) is 11.7. The van der Waals surface area contributed by atoms with Crippen LogP contribution in [0.2, 0.25) is 0 Å². The van der Waals surface area contributed by atoms with E-state index in [-0.39, 0.29) is 11.3 Å². The van der Waals surface area contributed by atoms with E-state index in [2.05, 4.69) is 19.2 Å². The second kappa shape index (κ2) is 8.54. The monoisotopic (exact) mass is 270 g/mol. The van der Waals surface area contributed by atoms with Crippen LogP contribution in [0.1, 0.15) is 52.4 Å². The molecule has 0 radical (unpaired) electrons. The number of amides is 1. The van der Waals surface area contributed by atoms with Gasteiger partial charge in [-0.15, -0.1) is 0 Å². The molecule has 0 aromatic carbocycles. The highest BCUT2D eigenvalue weighted by Gasteiger charge is 2.21. The van der Waals surface area contributed by atoms with Crippen molar-refractivity contribution in [3.63, 3.8) is 0 Å². The Hall–Kier alpha value is -0.610. The fourth-order valence-corrected chi connectivity index (χ4v) is 1.99. The molecule has 1 aliphatic carbocycles. The van der Waals surface area contributed by atoms with Gasteiger partial charge in [0.05, 0.1) is 0 Å². The van der Waals surface area contributed by atoms with Crippen molar-refractivity contribution in [2.75, 3.05) is 26.3 Å². The summed E-state index contributed by atoms with van der Waals surface area (Å²) in [5, 5.41) is 2.95. The molecule has 112 valence electrons. The Morgan fingerprint density at radius 3 is 2.74 bits per heavy atom. The van der Waals surface area contributed by atoms with Crippen LogP contribution in [-0.2, 0) is 9.53 Å². The van der Waals surface area contributed by atoms with Gasteiger partial charge in [0.25, 0.3) is 0 Å². The van der Waals surface area contributed by atoms with Crippen molar-refractivity contribution >= 4 is 5.91 Å². The van der Waals surface area contributed by atoms with Gasteiger partial charge in [0.2, 0.25) is 5.91 Å². The van der Waals surface area contributed by atoms with Crippen molar-refractivity contribution in [1.29, 1.82) is 0 Å². The van der Waals surface area contributed by atoms with Crippen LogP contribution in [0.5, 0.6) is 0 Å². The summed E-state index contributed by atoms with van der Waals surface area (Å²) in [5.74, 6) is 0.964. The minimum Gasteiger partial charge on any atom is -0.381 e. The number of hydrogen-bond donors (Lipinski definition) is 2. The van der Waals surface area contributed by atoms with E-state index in [0.717, 1.165) is 44.9 Å². The average molecular weight is 270 g/mol. The van der Waals surface area contributed by atoms with Crippen molar-refractivity contribution in [2.45, 2.75) is 52.4 Å². The molecule has 0 bridgehead atoms. The van der Waals surface area contributed by atoms with Gasteiger partial charge in [-0.3, -0.25) is 4.79 Å². The highest BCUT2D eigenvalue weighted by Crippen LogP contribution is 2.28. The Balaban J connectivity index is 1.91. The van der Waals surface area contributed by atoms with Gasteiger partial charge >= 0.3 is 0 Å². The molecule has 0 saturated heterocycles. The molecule has 0 aliphatic heterocycles. The number of carbonyl (C=O) groups excluding carboxylic acids is 1. The fraction of sp³-hybridized carbons (Fsp3) is 0.933. The second-order valence-corrected chi connectivity index (χ2v) is 6.42. The van der Waals surface area contributed by atoms with E-state index in [1.165, 1.54) is 12.8 Å². The zero-order chi connectivity index (χ0) is 14.1. The molecule has 0 spiro atoms. The van der Waals surface area contributed by atoms with Crippen molar-refractivity contribution in [2.24, 2.45) is 17.1 Å². The molecule has 3 N–H and O–H groups in total. The SMILES string of the molecule is CC(C)(CCN)CCC(=O)NCCCOCC1CC1. The van der Waals surface area contributed by atoms with Gasteiger partial charge < -0.3 is 15.8 Å². The molecule has 0 heterocycles. The van der Waals surface area contributed by atoms with E-state index in [1.807, 2.05) is 0 Å². The number of ether oxygens (including phenoxy) is 1. The quantitative estimate of drug-likeness (QED) is 0.565. The normalized spacial score (nSPS) is 15.5. The molecule has 1 amide bonds. The molecule has 1 aliphatic rings. The van der Waals surface area contributed by atoms with Crippen LogP contribution in [0, 0.1) is 11.3 Å². The Labute approximate surface area is 117 Å². The van der Waals surface area contributed by atoms with Gasteiger partial charge in [0, 0.05) is 26.2 Å². The molecule has 4 heteroatoms. The van der Waals surface area contributed by atoms with Crippen LogP contribution in [0.3, 0.4) is 0 Å². The third-order valence-electron chi connectivity index (χ3n) is 3.69. The Morgan fingerprint density at radius 1 is 1.37 bits per heavy atom. The van der Waals surface area contributed by atoms with E-state index in [4.69, 9.17) is 10.5 Å². The predicted molar refractivity (Wildman–Crippen MR) is 77.9 cm³/mol. The van der Waals surface area contributed by atoms with Crippen LogP contribution in [-0.4, -0.2) is 32.2 Å². The molecule has 19 heavy (non-hydrogen) atoms. The van der Waals surface area contributed by atoms with Gasteiger partial charge in [0.15, 0.2) is 0 Å². The average Bonchev–Trinajstić information content (AvgIpc) is 3.15. The van der Waals surface area contributed by atoms with E-state index in [1.54, 1.807) is 0 Å². The van der Waals surface area contributed by atoms with Crippen molar-refractivity contribution < 1.29 is 9.53 Å². The lowest BCUT2D eigenvalue weighted by Gasteiger charge is -2.23. The third kappa shape index (κ3) is 9.00. The fourth-order valence-electron chi connectivity index (χ4n) is 1.99. The third-order valence-corrected chi connectivity index (χ3v) is 3.69. The van der Waals surface area contributed by atoms with Crippen LogP contribution >= 0.6 is 0 Å². The van der Waals surface area contributed by atoms with Gasteiger partial charge in [-0.2, -0.15) is 0 Å². The zero-order valence-corrected chi connectivity index (χ0v) is 12.5. The summed E-state index contributed by atoms with van der Waals surface area (Å²) < 4.78 is 5.52. The van der Waals surface area contributed by atoms with Crippen LogP contribution in [0.4, 0.5) is 0 Å². The molecule has 1 saturated carbocycles. The molecule has 0 atom stereocenters. The largest absolute Gasteiger partial charge is 0.381 e. The van der Waals surface area contributed by atoms with Crippen LogP contribution in [0.25, 0.3) is 0 Å². The smallest absolute Gasteiger partial charge is 0.220 e. The number of hydrogen-bond acceptors (Lipinski definition) is 3. The summed E-state index contributed by atoms with van der Waals surface area (Å²) >= 11 is 0. The van der Waals surface area contributed by atoms with Crippen LogP contribution in [0.15, 0.2) is 0 Å². The first-order valence-corrected chi connectivity index (χ1v) is 7.58. The van der Waals surface area contributed by atoms with Crippen molar-refractivity contribution in [3.05, 3.63) is 0 Å². The molecule has 0 unspecified atom stereocenters. The summed E-state index contributed by atoms with van der Waals surface area (Å²) in [6, 6.07) is 0. The topological polar surface area (TPSA) is 64.4 Å². The Bertz CT molecular complexity index is 263. The molecule has 1 rings (SSSR count). The maximum atomic E-state index is 11.7. The minimum atomic E-state index is 0.146. The van der Waals surface area contributed by atoms with Gasteiger partial charge in [-0.25, -0.2) is 0 Å². The maximum Gasteiger partial charge on any atom is 0.220 e. The Morgan fingerprint density at radius 2 is 2.11 bits per heavy atom. The molecule has 1 fully saturated rings. The second-order valence-electron chi connectivity index (χ2n) is 6.42. The van der Waals surface area contributed by atoms with Crippen molar-refractivity contribution in [1.82, 2.24) is 5.32 Å². The number of rotatable bonds is 11. The number of nitrogens with two attached hydrogens (primary N) is 1. The van der Waals surface area contributed by atoms with Gasteiger partial charge in [0.1, 0.15) is 0 Å². The first-order chi connectivity index (χ1) is 9.03. The first kappa shape index (κ1) is 16.4. The standard InChI is InChI=1S/C15H30N2O2/c1-15(2,8-9-16)7-6-14(18)17-10-3-11-19-12-13-4-5-13/h13H,3-12,16H2,1-2H3,(H,17,18). The molecule has 0 aromatic heterocycles. The summed E-state index contributed by atoms with van der Waals surface area (Å²) in [6.07, 6.45) is 6.02. The lowest BCUT2D eigenvalue weighted by atomic mass is 9.84. The molecule has 0 aromatic rings. The van der Waals surface area contributed by atoms with Crippen LogP contribution < -0.4 is 11.1 Å². The number of carbonyl (C=O) groups is 1. The summed E-state index contributed by atoms with van der Waals surface area (Å²) in [7, 11) is 0. The first-order valence-electron chi connectivity index (χ1n) is 7.58. The molecular formula is C15H30N2O2. The summed E-state index contributed by atoms with van der Waals surface area (Å²) in [6.45, 7) is 7.40. The van der Waals surface area contributed by atoms with E-state index in [0.29, 0.717) is 13.0 Å². The van der Waals surface area contributed by atoms with E-state index >= 15 is 0 Å². The highest BCUT2D eigenvalue weighted by atomic mass is 16.5. The zero-order valence-electron chi connectivity index (χ0n) is 12.5. The molecular weight excluding hydrogens is 240 g/mol.